The Kier molecular flexibility index (Phi) is 3.23. The fourth-order valence-corrected chi connectivity index (χ4v) is 2.21. The molecule has 5 nitrogen and oxygen atoms in total. The molecule has 0 atom stereocenters. The first-order valence-electron chi connectivity index (χ1n) is 6.43. The molecule has 0 saturated carbocycles. The molecule has 106 valence electrons. The number of carbonyl (C=O) groups excluding carboxylic acids is 1. The number of phenolic OH excluding ortho intramolecular Hbond substituents is 1. The van der Waals surface area contributed by atoms with Gasteiger partial charge in [-0.2, -0.15) is 0 Å². The minimum Gasteiger partial charge on any atom is -0.507 e. The van der Waals surface area contributed by atoms with Crippen LogP contribution in [-0.4, -0.2) is 23.1 Å². The highest BCUT2D eigenvalue weighted by molar-refractivity contribution is 6.10. The summed E-state index contributed by atoms with van der Waals surface area (Å²) >= 11 is 0. The molecule has 0 bridgehead atoms. The van der Waals surface area contributed by atoms with Crippen molar-refractivity contribution >= 4 is 22.5 Å². The number of aromatic amines is 1. The number of aromatic nitrogens is 1. The van der Waals surface area contributed by atoms with E-state index in [4.69, 9.17) is 4.74 Å². The van der Waals surface area contributed by atoms with Gasteiger partial charge >= 0.3 is 0 Å². The predicted molar refractivity (Wildman–Crippen MR) is 80.9 cm³/mol. The van der Waals surface area contributed by atoms with Gasteiger partial charge in [-0.25, -0.2) is 0 Å². The van der Waals surface area contributed by atoms with Gasteiger partial charge in [-0.3, -0.25) is 4.79 Å². The maximum atomic E-state index is 12.3. The highest BCUT2D eigenvalue weighted by atomic mass is 16.5. The maximum Gasteiger partial charge on any atom is 0.259 e. The summed E-state index contributed by atoms with van der Waals surface area (Å²) < 4.78 is 5.00. The van der Waals surface area contributed by atoms with Crippen molar-refractivity contribution in [1.82, 2.24) is 4.98 Å². The first kappa shape index (κ1) is 13.1. The normalized spacial score (nSPS) is 10.5. The van der Waals surface area contributed by atoms with Crippen LogP contribution < -0.4 is 10.1 Å². The topological polar surface area (TPSA) is 74.3 Å². The van der Waals surface area contributed by atoms with E-state index in [-0.39, 0.29) is 17.2 Å². The van der Waals surface area contributed by atoms with Gasteiger partial charge < -0.3 is 20.1 Å². The summed E-state index contributed by atoms with van der Waals surface area (Å²) in [7, 11) is 1.50. The van der Waals surface area contributed by atoms with E-state index < -0.39 is 0 Å². The highest BCUT2D eigenvalue weighted by Gasteiger charge is 2.13. The van der Waals surface area contributed by atoms with E-state index in [0.717, 1.165) is 10.9 Å². The average Bonchev–Trinajstić information content (AvgIpc) is 2.96. The Balaban J connectivity index is 1.91. The molecule has 0 aliphatic carbocycles. The van der Waals surface area contributed by atoms with Gasteiger partial charge in [-0.05, 0) is 30.3 Å². The van der Waals surface area contributed by atoms with Crippen LogP contribution in [0.1, 0.15) is 10.4 Å². The van der Waals surface area contributed by atoms with Crippen LogP contribution in [0.4, 0.5) is 5.69 Å². The van der Waals surface area contributed by atoms with E-state index in [1.54, 1.807) is 6.07 Å². The maximum absolute atomic E-state index is 12.3. The molecule has 0 aliphatic rings. The number of H-pyrrole nitrogens is 1. The number of fused-ring (bicyclic) bond motifs is 1. The minimum atomic E-state index is -0.371. The third-order valence-electron chi connectivity index (χ3n) is 3.29. The largest absolute Gasteiger partial charge is 0.507 e. The van der Waals surface area contributed by atoms with Gasteiger partial charge in [0.1, 0.15) is 11.5 Å². The number of hydrogen-bond donors (Lipinski definition) is 3. The molecule has 3 rings (SSSR count). The van der Waals surface area contributed by atoms with Gasteiger partial charge in [0.25, 0.3) is 5.91 Å². The molecule has 2 aromatic carbocycles. The van der Waals surface area contributed by atoms with Gasteiger partial charge in [0, 0.05) is 23.2 Å². The second kappa shape index (κ2) is 5.20. The van der Waals surface area contributed by atoms with E-state index >= 15 is 0 Å². The number of phenols is 1. The first-order valence-corrected chi connectivity index (χ1v) is 6.43. The molecule has 21 heavy (non-hydrogen) atoms. The SMILES string of the molecule is COc1ccc(C(=O)Nc2cccc3[nH]ccc23)c(O)c1. The Bertz CT molecular complexity index is 808. The summed E-state index contributed by atoms with van der Waals surface area (Å²) in [5.74, 6) is 0.00809. The van der Waals surface area contributed by atoms with E-state index in [1.165, 1.54) is 19.2 Å². The number of anilines is 1. The van der Waals surface area contributed by atoms with Crippen LogP contribution >= 0.6 is 0 Å². The zero-order valence-electron chi connectivity index (χ0n) is 11.4. The third-order valence-corrected chi connectivity index (χ3v) is 3.29. The van der Waals surface area contributed by atoms with Crippen molar-refractivity contribution in [3.8, 4) is 11.5 Å². The number of amides is 1. The Morgan fingerprint density at radius 2 is 2.10 bits per heavy atom. The number of methoxy groups -OCH3 is 1. The molecular formula is C16H14N2O3. The predicted octanol–water partition coefficient (Wildman–Crippen LogP) is 3.13. The molecule has 0 unspecified atom stereocenters. The number of aromatic hydroxyl groups is 1. The number of hydrogen-bond acceptors (Lipinski definition) is 3. The van der Waals surface area contributed by atoms with Gasteiger partial charge in [0.05, 0.1) is 18.4 Å². The molecular weight excluding hydrogens is 268 g/mol. The van der Waals surface area contributed by atoms with Crippen LogP contribution in [0.5, 0.6) is 11.5 Å². The number of nitrogens with one attached hydrogen (secondary N) is 2. The Morgan fingerprint density at radius 1 is 1.24 bits per heavy atom. The lowest BCUT2D eigenvalue weighted by Gasteiger charge is -2.09. The lowest BCUT2D eigenvalue weighted by molar-refractivity contribution is 0.102. The second-order valence-electron chi connectivity index (χ2n) is 4.58. The fourth-order valence-electron chi connectivity index (χ4n) is 2.21. The Labute approximate surface area is 121 Å². The van der Waals surface area contributed by atoms with Crippen molar-refractivity contribution < 1.29 is 14.6 Å². The molecule has 3 aromatic rings. The zero-order valence-corrected chi connectivity index (χ0v) is 11.4. The average molecular weight is 282 g/mol. The molecule has 3 N–H and O–H groups in total. The fraction of sp³-hybridized carbons (Fsp3) is 0.0625. The highest BCUT2D eigenvalue weighted by Crippen LogP contribution is 2.26. The van der Waals surface area contributed by atoms with Crippen molar-refractivity contribution in [3.63, 3.8) is 0 Å². The quantitative estimate of drug-likeness (QED) is 0.691. The van der Waals surface area contributed by atoms with Crippen molar-refractivity contribution in [2.24, 2.45) is 0 Å². The van der Waals surface area contributed by atoms with Crippen LogP contribution in [0.25, 0.3) is 10.9 Å². The van der Waals surface area contributed by atoms with Crippen molar-refractivity contribution in [3.05, 3.63) is 54.2 Å². The summed E-state index contributed by atoms with van der Waals surface area (Å²) in [5.41, 5.74) is 1.82. The van der Waals surface area contributed by atoms with Crippen LogP contribution in [-0.2, 0) is 0 Å². The first-order chi connectivity index (χ1) is 10.2. The molecule has 1 heterocycles. The second-order valence-corrected chi connectivity index (χ2v) is 4.58. The monoisotopic (exact) mass is 282 g/mol. The van der Waals surface area contributed by atoms with Gasteiger partial charge in [0.2, 0.25) is 0 Å². The molecule has 0 spiro atoms. The number of ether oxygens (including phenoxy) is 1. The van der Waals surface area contributed by atoms with Gasteiger partial charge in [-0.1, -0.05) is 6.07 Å². The lowest BCUT2D eigenvalue weighted by atomic mass is 10.1. The molecule has 0 saturated heterocycles. The van der Waals surface area contributed by atoms with E-state index in [0.29, 0.717) is 11.4 Å². The van der Waals surface area contributed by atoms with Crippen molar-refractivity contribution in [2.45, 2.75) is 0 Å². The molecule has 1 amide bonds. The van der Waals surface area contributed by atoms with E-state index in [2.05, 4.69) is 10.3 Å². The number of rotatable bonds is 3. The molecule has 0 fully saturated rings. The van der Waals surface area contributed by atoms with Gasteiger partial charge in [0.15, 0.2) is 0 Å². The Morgan fingerprint density at radius 3 is 2.86 bits per heavy atom. The Hall–Kier alpha value is -2.95. The standard InChI is InChI=1S/C16H14N2O3/c1-21-10-5-6-12(15(19)9-10)16(20)18-14-4-2-3-13-11(14)7-8-17-13/h2-9,17,19H,1H3,(H,18,20). The summed E-state index contributed by atoms with van der Waals surface area (Å²) in [6.07, 6.45) is 1.81. The molecule has 1 aromatic heterocycles. The van der Waals surface area contributed by atoms with Crippen molar-refractivity contribution in [1.29, 1.82) is 0 Å². The molecule has 0 aliphatic heterocycles. The molecule has 0 radical (unpaired) electrons. The van der Waals surface area contributed by atoms with E-state index in [1.807, 2.05) is 30.5 Å². The summed E-state index contributed by atoms with van der Waals surface area (Å²) in [4.78, 5) is 15.4. The van der Waals surface area contributed by atoms with Crippen LogP contribution in [0.2, 0.25) is 0 Å². The number of carbonyl (C=O) groups is 1. The smallest absolute Gasteiger partial charge is 0.259 e. The van der Waals surface area contributed by atoms with Gasteiger partial charge in [-0.15, -0.1) is 0 Å². The minimum absolute atomic E-state index is 0.118. The van der Waals surface area contributed by atoms with E-state index in [9.17, 15) is 9.90 Å². The zero-order chi connectivity index (χ0) is 14.8. The van der Waals surface area contributed by atoms with Crippen LogP contribution in [0.15, 0.2) is 48.7 Å². The van der Waals surface area contributed by atoms with Crippen LogP contribution in [0.3, 0.4) is 0 Å². The number of benzene rings is 2. The van der Waals surface area contributed by atoms with Crippen molar-refractivity contribution in [2.75, 3.05) is 12.4 Å². The van der Waals surface area contributed by atoms with Crippen LogP contribution in [0, 0.1) is 0 Å². The summed E-state index contributed by atoms with van der Waals surface area (Å²) in [6.45, 7) is 0. The lowest BCUT2D eigenvalue weighted by Crippen LogP contribution is -2.12. The summed E-state index contributed by atoms with van der Waals surface area (Å²) in [6, 6.07) is 12.0. The third kappa shape index (κ3) is 2.41. The molecule has 5 heteroatoms. The summed E-state index contributed by atoms with van der Waals surface area (Å²) in [5, 5.41) is 13.6.